The average molecular weight is 419 g/mol. The molecule has 0 aliphatic carbocycles. The van der Waals surface area contributed by atoms with Crippen LogP contribution >= 0.6 is 11.3 Å². The maximum atomic E-state index is 12.9. The predicted molar refractivity (Wildman–Crippen MR) is 102 cm³/mol. The monoisotopic (exact) mass is 419 g/mol. The van der Waals surface area contributed by atoms with E-state index in [9.17, 15) is 18.0 Å². The van der Waals surface area contributed by atoms with Gasteiger partial charge in [0.15, 0.2) is 9.84 Å². The van der Waals surface area contributed by atoms with Crippen LogP contribution in [0.3, 0.4) is 0 Å². The summed E-state index contributed by atoms with van der Waals surface area (Å²) in [5, 5.41) is 5.31. The number of carbonyl (C=O) groups is 2. The number of thiophene rings is 1. The summed E-state index contributed by atoms with van der Waals surface area (Å²) in [6.45, 7) is -0.216. The van der Waals surface area contributed by atoms with Crippen LogP contribution in [-0.4, -0.2) is 31.8 Å². The Hall–Kier alpha value is -2.98. The second kappa shape index (κ2) is 8.81. The van der Waals surface area contributed by atoms with Crippen molar-refractivity contribution in [1.82, 2.24) is 15.6 Å². The van der Waals surface area contributed by atoms with Crippen LogP contribution in [0.25, 0.3) is 0 Å². The molecule has 0 unspecified atom stereocenters. The standard InChI is InChI=1S/C18H17N3O5S2/c22-17(20-11-13-5-1-2-8-19-13)18(23)21-12-15(14-6-3-9-26-14)28(24,25)16-7-4-10-27-16/h1-10,15H,11-12H2,(H,20,22)(H,21,23)/t15-/m1/s1. The quantitative estimate of drug-likeness (QED) is 0.563. The lowest BCUT2D eigenvalue weighted by Crippen LogP contribution is -2.42. The summed E-state index contributed by atoms with van der Waals surface area (Å²) < 4.78 is 31.1. The molecule has 3 heterocycles. The van der Waals surface area contributed by atoms with Gasteiger partial charge in [-0.05, 0) is 35.7 Å². The van der Waals surface area contributed by atoms with Crippen molar-refractivity contribution in [2.24, 2.45) is 0 Å². The number of aromatic nitrogens is 1. The minimum Gasteiger partial charge on any atom is -0.468 e. The number of hydrogen-bond acceptors (Lipinski definition) is 7. The molecule has 10 heteroatoms. The van der Waals surface area contributed by atoms with E-state index >= 15 is 0 Å². The Morgan fingerprint density at radius 1 is 1.07 bits per heavy atom. The summed E-state index contributed by atoms with van der Waals surface area (Å²) in [6, 6.07) is 11.4. The van der Waals surface area contributed by atoms with Crippen molar-refractivity contribution in [2.45, 2.75) is 16.0 Å². The predicted octanol–water partition coefficient (Wildman–Crippen LogP) is 1.68. The van der Waals surface area contributed by atoms with Gasteiger partial charge in [-0.15, -0.1) is 11.3 Å². The third kappa shape index (κ3) is 4.65. The molecule has 2 N–H and O–H groups in total. The van der Waals surface area contributed by atoms with Gasteiger partial charge in [0.25, 0.3) is 0 Å². The number of rotatable bonds is 7. The van der Waals surface area contributed by atoms with Crippen molar-refractivity contribution >= 4 is 33.0 Å². The van der Waals surface area contributed by atoms with Gasteiger partial charge in [-0.2, -0.15) is 0 Å². The average Bonchev–Trinajstić information content (AvgIpc) is 3.41. The molecule has 0 fully saturated rings. The largest absolute Gasteiger partial charge is 0.468 e. The second-order valence-corrected chi connectivity index (χ2v) is 9.00. The first-order valence-corrected chi connectivity index (χ1v) is 10.7. The number of furan rings is 1. The van der Waals surface area contributed by atoms with E-state index in [4.69, 9.17) is 4.42 Å². The fraction of sp³-hybridized carbons (Fsp3) is 0.167. The highest BCUT2D eigenvalue weighted by atomic mass is 32.2. The van der Waals surface area contributed by atoms with Crippen LogP contribution in [0.2, 0.25) is 0 Å². The van der Waals surface area contributed by atoms with Gasteiger partial charge in [0.05, 0.1) is 18.5 Å². The topological polar surface area (TPSA) is 118 Å². The molecule has 0 aliphatic rings. The number of hydrogen-bond donors (Lipinski definition) is 2. The third-order valence-corrected chi connectivity index (χ3v) is 7.31. The highest BCUT2D eigenvalue weighted by molar-refractivity contribution is 7.93. The van der Waals surface area contributed by atoms with E-state index in [0.717, 1.165) is 11.3 Å². The van der Waals surface area contributed by atoms with Gasteiger partial charge in [-0.1, -0.05) is 12.1 Å². The van der Waals surface area contributed by atoms with E-state index in [1.165, 1.54) is 18.4 Å². The van der Waals surface area contributed by atoms with Crippen molar-refractivity contribution in [3.63, 3.8) is 0 Å². The first-order valence-electron chi connectivity index (χ1n) is 8.25. The van der Waals surface area contributed by atoms with Gasteiger partial charge < -0.3 is 15.1 Å². The third-order valence-electron chi connectivity index (χ3n) is 3.82. The summed E-state index contributed by atoms with van der Waals surface area (Å²) in [4.78, 5) is 28.1. The molecule has 146 valence electrons. The van der Waals surface area contributed by atoms with Crippen LogP contribution in [0.1, 0.15) is 16.7 Å². The highest BCUT2D eigenvalue weighted by Gasteiger charge is 2.33. The number of amides is 2. The van der Waals surface area contributed by atoms with Crippen molar-refractivity contribution < 1.29 is 22.4 Å². The zero-order chi connectivity index (χ0) is 20.0. The zero-order valence-corrected chi connectivity index (χ0v) is 16.2. The Morgan fingerprint density at radius 3 is 2.54 bits per heavy atom. The number of sulfone groups is 1. The van der Waals surface area contributed by atoms with Gasteiger partial charge in [0.1, 0.15) is 15.2 Å². The lowest BCUT2D eigenvalue weighted by Gasteiger charge is -2.15. The normalized spacial score (nSPS) is 12.3. The number of pyridine rings is 1. The summed E-state index contributed by atoms with van der Waals surface area (Å²) in [5.74, 6) is -1.63. The molecular formula is C18H17N3O5S2. The SMILES string of the molecule is O=C(NCc1ccccn1)C(=O)NC[C@H](c1ccco1)S(=O)(=O)c1cccs1. The molecule has 0 spiro atoms. The Kier molecular flexibility index (Phi) is 6.22. The highest BCUT2D eigenvalue weighted by Crippen LogP contribution is 2.31. The molecule has 0 bridgehead atoms. The minimum atomic E-state index is -3.79. The molecule has 3 rings (SSSR count). The van der Waals surface area contributed by atoms with E-state index in [1.807, 2.05) is 0 Å². The van der Waals surface area contributed by atoms with E-state index in [0.29, 0.717) is 5.69 Å². The van der Waals surface area contributed by atoms with Crippen molar-refractivity contribution in [3.8, 4) is 0 Å². The van der Waals surface area contributed by atoms with Crippen molar-refractivity contribution in [2.75, 3.05) is 6.54 Å². The zero-order valence-electron chi connectivity index (χ0n) is 14.6. The smallest absolute Gasteiger partial charge is 0.309 e. The Labute approximate surface area is 165 Å². The van der Waals surface area contributed by atoms with Crippen LogP contribution in [0, 0.1) is 0 Å². The van der Waals surface area contributed by atoms with E-state index in [-0.39, 0.29) is 23.1 Å². The summed E-state index contributed by atoms with van der Waals surface area (Å²) in [6.07, 6.45) is 2.93. The lowest BCUT2D eigenvalue weighted by atomic mass is 10.3. The molecule has 0 radical (unpaired) electrons. The molecule has 0 saturated heterocycles. The number of nitrogens with zero attached hydrogens (tertiary/aromatic N) is 1. The summed E-state index contributed by atoms with van der Waals surface area (Å²) in [7, 11) is -3.79. The van der Waals surface area contributed by atoms with E-state index in [1.54, 1.807) is 41.9 Å². The second-order valence-electron chi connectivity index (χ2n) is 5.69. The molecule has 3 aromatic rings. The molecule has 0 aromatic carbocycles. The maximum Gasteiger partial charge on any atom is 0.309 e. The maximum absolute atomic E-state index is 12.9. The van der Waals surface area contributed by atoms with Gasteiger partial charge in [-0.25, -0.2) is 8.42 Å². The fourth-order valence-electron chi connectivity index (χ4n) is 2.42. The fourth-order valence-corrected chi connectivity index (χ4v) is 5.21. The van der Waals surface area contributed by atoms with Gasteiger partial charge in [-0.3, -0.25) is 14.6 Å². The van der Waals surface area contributed by atoms with Crippen LogP contribution in [0.4, 0.5) is 0 Å². The molecule has 3 aromatic heterocycles. The van der Waals surface area contributed by atoms with Crippen molar-refractivity contribution in [3.05, 3.63) is 71.8 Å². The molecular weight excluding hydrogens is 402 g/mol. The van der Waals surface area contributed by atoms with Gasteiger partial charge >= 0.3 is 11.8 Å². The minimum absolute atomic E-state index is 0.0855. The summed E-state index contributed by atoms with van der Waals surface area (Å²) >= 11 is 1.07. The van der Waals surface area contributed by atoms with Crippen LogP contribution in [0.15, 0.2) is 68.9 Å². The Morgan fingerprint density at radius 2 is 1.89 bits per heavy atom. The number of carbonyl (C=O) groups excluding carboxylic acids is 2. The Balaban J connectivity index is 1.65. The molecule has 0 saturated carbocycles. The van der Waals surface area contributed by atoms with Gasteiger partial charge in [0.2, 0.25) is 0 Å². The first-order chi connectivity index (χ1) is 13.5. The summed E-state index contributed by atoms with van der Waals surface area (Å²) in [5.41, 5.74) is 0.595. The van der Waals surface area contributed by atoms with Crippen LogP contribution in [-0.2, 0) is 26.0 Å². The van der Waals surface area contributed by atoms with E-state index < -0.39 is 26.9 Å². The number of nitrogens with one attached hydrogen (secondary N) is 2. The van der Waals surface area contributed by atoms with Crippen LogP contribution < -0.4 is 10.6 Å². The molecule has 1 atom stereocenters. The van der Waals surface area contributed by atoms with Crippen molar-refractivity contribution in [1.29, 1.82) is 0 Å². The molecule has 8 nitrogen and oxygen atoms in total. The molecule has 2 amide bonds. The Bertz CT molecular complexity index is 1020. The van der Waals surface area contributed by atoms with E-state index in [2.05, 4.69) is 15.6 Å². The van der Waals surface area contributed by atoms with Gasteiger partial charge in [0, 0.05) is 12.7 Å². The molecule has 28 heavy (non-hydrogen) atoms. The molecule has 0 aliphatic heterocycles. The van der Waals surface area contributed by atoms with Crippen LogP contribution in [0.5, 0.6) is 0 Å². The lowest BCUT2D eigenvalue weighted by molar-refractivity contribution is -0.139. The first kappa shape index (κ1) is 19.8.